The molecule has 0 spiro atoms. The van der Waals surface area contributed by atoms with E-state index in [1.807, 2.05) is 12.1 Å². The first-order valence-electron chi connectivity index (χ1n) is 11.3. The van der Waals surface area contributed by atoms with Crippen LogP contribution in [0.5, 0.6) is 0 Å². The van der Waals surface area contributed by atoms with Crippen molar-refractivity contribution in [2.24, 2.45) is 0 Å². The number of allylic oxidation sites excluding steroid dienone is 1. The van der Waals surface area contributed by atoms with E-state index in [2.05, 4.69) is 39.6 Å². The summed E-state index contributed by atoms with van der Waals surface area (Å²) in [6, 6.07) is 13.3. The van der Waals surface area contributed by atoms with Crippen molar-refractivity contribution in [2.75, 3.05) is 43.4 Å². The monoisotopic (exact) mass is 460 g/mol. The van der Waals surface area contributed by atoms with E-state index in [-0.39, 0.29) is 6.42 Å². The number of carbonyl (C=O) groups is 3. The number of nitrogens with one attached hydrogen (secondary N) is 2. The third kappa shape index (κ3) is 5.52. The van der Waals surface area contributed by atoms with Gasteiger partial charge in [0.1, 0.15) is 0 Å². The summed E-state index contributed by atoms with van der Waals surface area (Å²) in [6.45, 7) is 4.06. The number of amides is 2. The van der Waals surface area contributed by atoms with Gasteiger partial charge in [0.15, 0.2) is 0 Å². The molecule has 34 heavy (non-hydrogen) atoms. The fraction of sp³-hybridized carbons (Fsp3) is 0.269. The van der Waals surface area contributed by atoms with Crippen molar-refractivity contribution >= 4 is 40.8 Å². The van der Waals surface area contributed by atoms with Crippen molar-refractivity contribution in [3.05, 3.63) is 71.4 Å². The van der Waals surface area contributed by atoms with Gasteiger partial charge in [-0.1, -0.05) is 18.2 Å². The minimum absolute atomic E-state index is 0.0466. The zero-order chi connectivity index (χ0) is 24.1. The quantitative estimate of drug-likeness (QED) is 0.431. The summed E-state index contributed by atoms with van der Waals surface area (Å²) < 4.78 is 0. The molecule has 8 nitrogen and oxygen atoms in total. The van der Waals surface area contributed by atoms with Crippen LogP contribution in [0.3, 0.4) is 0 Å². The van der Waals surface area contributed by atoms with Gasteiger partial charge in [0, 0.05) is 61.3 Å². The van der Waals surface area contributed by atoms with Gasteiger partial charge in [-0.15, -0.1) is 0 Å². The molecule has 2 amide bonds. The smallest absolute Gasteiger partial charge is 0.303 e. The zero-order valence-electron chi connectivity index (χ0n) is 19.1. The summed E-state index contributed by atoms with van der Waals surface area (Å²) in [5, 5.41) is 14.3. The number of likely N-dealkylation sites (N-methyl/N-ethyl adjacent to an activating group) is 1. The Kier molecular flexibility index (Phi) is 7.08. The van der Waals surface area contributed by atoms with Gasteiger partial charge in [-0.05, 0) is 55.4 Å². The number of benzene rings is 2. The number of carboxylic acid groups (broad SMARTS) is 1. The van der Waals surface area contributed by atoms with Crippen LogP contribution < -0.4 is 15.5 Å². The Morgan fingerprint density at radius 2 is 1.76 bits per heavy atom. The molecule has 2 aromatic rings. The lowest BCUT2D eigenvalue weighted by Gasteiger charge is -2.34. The Hall–Kier alpha value is -3.91. The van der Waals surface area contributed by atoms with Crippen LogP contribution in [0.25, 0.3) is 11.6 Å². The third-order valence-corrected chi connectivity index (χ3v) is 6.00. The minimum atomic E-state index is -0.856. The summed E-state index contributed by atoms with van der Waals surface area (Å²) in [5.41, 5.74) is 4.10. The van der Waals surface area contributed by atoms with Crippen LogP contribution in [0.2, 0.25) is 0 Å². The molecule has 4 rings (SSSR count). The normalized spacial score (nSPS) is 17.7. The molecule has 0 aromatic heterocycles. The van der Waals surface area contributed by atoms with Crippen molar-refractivity contribution < 1.29 is 19.5 Å². The van der Waals surface area contributed by atoms with Crippen LogP contribution >= 0.6 is 0 Å². The lowest BCUT2D eigenvalue weighted by molar-refractivity contribution is -0.136. The molecule has 1 fully saturated rings. The number of rotatable bonds is 7. The van der Waals surface area contributed by atoms with Gasteiger partial charge >= 0.3 is 5.97 Å². The average Bonchev–Trinajstić information content (AvgIpc) is 2.82. The molecule has 0 saturated carbocycles. The molecule has 1 saturated heterocycles. The van der Waals surface area contributed by atoms with Crippen molar-refractivity contribution in [2.45, 2.75) is 12.8 Å². The first-order chi connectivity index (χ1) is 16.4. The van der Waals surface area contributed by atoms with Crippen molar-refractivity contribution in [1.82, 2.24) is 10.2 Å². The SMILES string of the molecule is CN1CCN(c2ccc(NC=C3C(=O)NC(=O)c4ccc(C=CCCC(=O)O)cc43)cc2)CC1. The van der Waals surface area contributed by atoms with Crippen LogP contribution in [-0.2, 0) is 9.59 Å². The number of nitrogens with zero attached hydrogens (tertiary/aromatic N) is 2. The predicted octanol–water partition coefficient (Wildman–Crippen LogP) is 3.04. The molecule has 176 valence electrons. The number of fused-ring (bicyclic) bond motifs is 1. The number of carboxylic acids is 1. The number of piperazine rings is 1. The van der Waals surface area contributed by atoms with Gasteiger partial charge in [-0.25, -0.2) is 0 Å². The molecular formula is C26H28N4O4. The van der Waals surface area contributed by atoms with Gasteiger partial charge < -0.3 is 20.2 Å². The molecule has 0 bridgehead atoms. The summed E-state index contributed by atoms with van der Waals surface area (Å²) in [6.07, 6.45) is 5.63. The zero-order valence-corrected chi connectivity index (χ0v) is 19.1. The summed E-state index contributed by atoms with van der Waals surface area (Å²) >= 11 is 0. The number of aliphatic carboxylic acids is 1. The van der Waals surface area contributed by atoms with Crippen LogP contribution in [0, 0.1) is 0 Å². The second-order valence-electron chi connectivity index (χ2n) is 8.46. The molecule has 2 aromatic carbocycles. The molecule has 3 N–H and O–H groups in total. The highest BCUT2D eigenvalue weighted by Gasteiger charge is 2.27. The summed E-state index contributed by atoms with van der Waals surface area (Å²) in [4.78, 5) is 40.2. The van der Waals surface area contributed by atoms with E-state index in [0.717, 1.165) is 43.1 Å². The molecular weight excluding hydrogens is 432 g/mol. The van der Waals surface area contributed by atoms with E-state index < -0.39 is 17.8 Å². The predicted molar refractivity (Wildman–Crippen MR) is 133 cm³/mol. The van der Waals surface area contributed by atoms with Gasteiger partial charge in [0.2, 0.25) is 0 Å². The topological polar surface area (TPSA) is 102 Å². The number of hydrogen-bond acceptors (Lipinski definition) is 6. The van der Waals surface area contributed by atoms with Crippen molar-refractivity contribution in [3.63, 3.8) is 0 Å². The molecule has 2 aliphatic rings. The van der Waals surface area contributed by atoms with Crippen LogP contribution in [-0.4, -0.2) is 61.0 Å². The highest BCUT2D eigenvalue weighted by molar-refractivity contribution is 6.31. The van der Waals surface area contributed by atoms with Crippen LogP contribution in [0.15, 0.2) is 54.7 Å². The average molecular weight is 461 g/mol. The van der Waals surface area contributed by atoms with Gasteiger partial charge in [-0.2, -0.15) is 0 Å². The molecule has 2 aliphatic heterocycles. The Morgan fingerprint density at radius 1 is 1.03 bits per heavy atom. The second kappa shape index (κ2) is 10.4. The molecule has 0 atom stereocenters. The molecule has 2 heterocycles. The number of carbonyl (C=O) groups excluding carboxylic acids is 2. The lowest BCUT2D eigenvalue weighted by Crippen LogP contribution is -2.44. The number of imide groups is 1. The third-order valence-electron chi connectivity index (χ3n) is 6.00. The fourth-order valence-corrected chi connectivity index (χ4v) is 4.00. The Bertz CT molecular complexity index is 1150. The lowest BCUT2D eigenvalue weighted by atomic mass is 9.93. The van der Waals surface area contributed by atoms with E-state index in [1.165, 1.54) is 0 Å². The van der Waals surface area contributed by atoms with E-state index in [0.29, 0.717) is 23.1 Å². The number of hydrogen-bond donors (Lipinski definition) is 3. The van der Waals surface area contributed by atoms with Gasteiger partial charge in [0.05, 0.1) is 5.57 Å². The van der Waals surface area contributed by atoms with Gasteiger partial charge in [0.25, 0.3) is 11.8 Å². The Labute approximate surface area is 198 Å². The van der Waals surface area contributed by atoms with E-state index in [1.54, 1.807) is 36.6 Å². The minimum Gasteiger partial charge on any atom is -0.481 e. The molecule has 0 unspecified atom stereocenters. The first-order valence-corrected chi connectivity index (χ1v) is 11.3. The molecule has 8 heteroatoms. The van der Waals surface area contributed by atoms with Gasteiger partial charge in [-0.3, -0.25) is 19.7 Å². The largest absolute Gasteiger partial charge is 0.481 e. The maximum Gasteiger partial charge on any atom is 0.303 e. The maximum absolute atomic E-state index is 12.6. The number of anilines is 2. The fourth-order valence-electron chi connectivity index (χ4n) is 4.00. The highest BCUT2D eigenvalue weighted by atomic mass is 16.4. The molecule has 0 aliphatic carbocycles. The highest BCUT2D eigenvalue weighted by Crippen LogP contribution is 2.27. The standard InChI is InChI=1S/C26H28N4O4/c1-29-12-14-30(15-13-29)20-9-7-19(8-10-20)27-17-23-22-16-18(4-2-3-5-24(31)32)6-11-21(22)25(33)28-26(23)34/h2,4,6-11,16-17,27H,3,5,12-15H2,1H3,(H,31,32)(H,28,33,34). The van der Waals surface area contributed by atoms with Crippen molar-refractivity contribution in [1.29, 1.82) is 0 Å². The maximum atomic E-state index is 12.6. The van der Waals surface area contributed by atoms with E-state index >= 15 is 0 Å². The Balaban J connectivity index is 1.51. The summed E-state index contributed by atoms with van der Waals surface area (Å²) in [7, 11) is 2.13. The van der Waals surface area contributed by atoms with Crippen molar-refractivity contribution in [3.8, 4) is 0 Å². The van der Waals surface area contributed by atoms with E-state index in [9.17, 15) is 14.4 Å². The van der Waals surface area contributed by atoms with E-state index in [4.69, 9.17) is 5.11 Å². The second-order valence-corrected chi connectivity index (χ2v) is 8.46. The van der Waals surface area contributed by atoms with Crippen LogP contribution in [0.1, 0.15) is 34.3 Å². The van der Waals surface area contributed by atoms with Crippen LogP contribution in [0.4, 0.5) is 11.4 Å². The Morgan fingerprint density at radius 3 is 2.47 bits per heavy atom. The first kappa shape index (κ1) is 23.3. The molecule has 0 radical (unpaired) electrons. The summed E-state index contributed by atoms with van der Waals surface area (Å²) in [5.74, 6) is -1.76.